The van der Waals surface area contributed by atoms with Crippen LogP contribution in [0.15, 0.2) is 34.9 Å². The first-order chi connectivity index (χ1) is 14.1. The minimum atomic E-state index is -1.09. The summed E-state index contributed by atoms with van der Waals surface area (Å²) in [5, 5.41) is 11.7. The molecule has 0 aliphatic carbocycles. The van der Waals surface area contributed by atoms with E-state index in [-0.39, 0.29) is 26.0 Å². The number of nitrogens with one attached hydrogen (secondary N) is 2. The van der Waals surface area contributed by atoms with Crippen molar-refractivity contribution in [2.24, 2.45) is 5.84 Å². The molecule has 0 bridgehead atoms. The molecule has 0 aromatic rings. The predicted octanol–water partition coefficient (Wildman–Crippen LogP) is 4.11. The van der Waals surface area contributed by atoms with Crippen molar-refractivity contribution in [1.82, 2.24) is 10.7 Å². The Bertz CT molecular complexity index is 653. The fraction of sp³-hybridized carbons (Fsp3) is 0.609. The van der Waals surface area contributed by atoms with Gasteiger partial charge in [-0.2, -0.15) is 11.8 Å². The second kappa shape index (κ2) is 18.7. The van der Waals surface area contributed by atoms with Crippen molar-refractivity contribution in [1.29, 1.82) is 0 Å². The molecule has 0 aromatic carbocycles. The van der Waals surface area contributed by atoms with Gasteiger partial charge in [-0.05, 0) is 53.4 Å². The highest BCUT2D eigenvalue weighted by Gasteiger charge is 2.19. The predicted molar refractivity (Wildman–Crippen MR) is 131 cm³/mol. The van der Waals surface area contributed by atoms with Crippen molar-refractivity contribution in [2.75, 3.05) is 11.5 Å². The van der Waals surface area contributed by atoms with Gasteiger partial charge in [0.25, 0.3) is 0 Å². The lowest BCUT2D eigenvalue weighted by Gasteiger charge is -2.13. The van der Waals surface area contributed by atoms with Crippen LogP contribution < -0.4 is 16.6 Å². The molecule has 0 radical (unpaired) electrons. The smallest absolute Gasteiger partial charge is 0.327 e. The fourth-order valence-electron chi connectivity index (χ4n) is 2.47. The lowest BCUT2D eigenvalue weighted by atomic mass is 10.1. The number of hydrogen-bond acceptors (Lipinski definition) is 5. The molecule has 0 unspecified atom stereocenters. The molecular weight excluding hydrogens is 414 g/mol. The minimum absolute atomic E-state index is 0. The largest absolute Gasteiger partial charge is 0.480 e. The molecule has 5 N–H and O–H groups in total. The first-order valence-corrected chi connectivity index (χ1v) is 11.3. The number of carbonyl (C=O) groups is 3. The maximum atomic E-state index is 11.8. The van der Waals surface area contributed by atoms with E-state index in [0.717, 1.165) is 25.7 Å². The number of hydrogen-bond donors (Lipinski definition) is 4. The Balaban J connectivity index is 0. The van der Waals surface area contributed by atoms with Gasteiger partial charge in [0.1, 0.15) is 6.04 Å². The standard InChI is InChI=1S/C22H37N3O4S.CH4/c1-16(2)7-5-8-17(3)9-6-10-18(4)13-14-30-15-19(22(28)29)24-20(26)11-12-21(27)25-23;/h7,9,13,19H,5-6,8,10-12,14-15,23H2,1-4H3,(H,24,26)(H,25,27)(H,28,29);1H4/b17-9+,18-13+;/t19-;/m0./s1. The third-order valence-electron chi connectivity index (χ3n) is 4.33. The van der Waals surface area contributed by atoms with Gasteiger partial charge in [-0.25, -0.2) is 10.6 Å². The van der Waals surface area contributed by atoms with Crippen LogP contribution in [0.1, 0.15) is 73.6 Å². The molecule has 0 aliphatic heterocycles. The summed E-state index contributed by atoms with van der Waals surface area (Å²) in [5.41, 5.74) is 5.95. The number of carboxylic acids is 1. The lowest BCUT2D eigenvalue weighted by molar-refractivity contribution is -0.141. The molecule has 0 aliphatic rings. The van der Waals surface area contributed by atoms with Gasteiger partial charge in [0, 0.05) is 24.3 Å². The van der Waals surface area contributed by atoms with Gasteiger partial charge in [-0.1, -0.05) is 42.4 Å². The highest BCUT2D eigenvalue weighted by Crippen LogP contribution is 2.13. The molecule has 0 fully saturated rings. The summed E-state index contributed by atoms with van der Waals surface area (Å²) in [4.78, 5) is 34.1. The van der Waals surface area contributed by atoms with E-state index in [1.807, 2.05) is 5.43 Å². The highest BCUT2D eigenvalue weighted by atomic mass is 32.2. The SMILES string of the molecule is C.CC(C)=CCC/C(C)=C/CC/C(C)=C/CSC[C@H](NC(=O)CCC(=O)NN)C(=O)O. The number of allylic oxidation sites excluding steroid dienone is 5. The molecule has 0 saturated heterocycles. The summed E-state index contributed by atoms with van der Waals surface area (Å²) in [6.45, 7) is 8.46. The molecule has 1 atom stereocenters. The average Bonchev–Trinajstić information content (AvgIpc) is 2.67. The Labute approximate surface area is 192 Å². The van der Waals surface area contributed by atoms with Crippen molar-refractivity contribution < 1.29 is 19.5 Å². The summed E-state index contributed by atoms with van der Waals surface area (Å²) >= 11 is 1.45. The van der Waals surface area contributed by atoms with Gasteiger partial charge in [0.2, 0.25) is 11.8 Å². The Morgan fingerprint density at radius 1 is 0.903 bits per heavy atom. The summed E-state index contributed by atoms with van der Waals surface area (Å²) in [5.74, 6) is 3.86. The molecule has 31 heavy (non-hydrogen) atoms. The number of hydrazine groups is 1. The Morgan fingerprint density at radius 2 is 1.45 bits per heavy atom. The second-order valence-corrected chi connectivity index (χ2v) is 8.60. The van der Waals surface area contributed by atoms with Crippen LogP contribution in [0.4, 0.5) is 0 Å². The summed E-state index contributed by atoms with van der Waals surface area (Å²) < 4.78 is 0. The van der Waals surface area contributed by atoms with Crippen molar-refractivity contribution in [3.63, 3.8) is 0 Å². The quantitative estimate of drug-likeness (QED) is 0.0969. The van der Waals surface area contributed by atoms with Gasteiger partial charge in [-0.3, -0.25) is 15.0 Å². The zero-order valence-corrected chi connectivity index (χ0v) is 19.4. The van der Waals surface area contributed by atoms with Crippen molar-refractivity contribution in [3.05, 3.63) is 34.9 Å². The first kappa shape index (κ1) is 31.1. The molecule has 178 valence electrons. The van der Waals surface area contributed by atoms with Crippen LogP contribution >= 0.6 is 11.8 Å². The van der Waals surface area contributed by atoms with E-state index in [1.165, 1.54) is 28.5 Å². The molecule has 7 nitrogen and oxygen atoms in total. The van der Waals surface area contributed by atoms with Gasteiger partial charge in [0.05, 0.1) is 0 Å². The maximum absolute atomic E-state index is 11.8. The van der Waals surface area contributed by atoms with E-state index in [0.29, 0.717) is 5.75 Å². The number of amides is 2. The number of aliphatic carboxylic acids is 1. The summed E-state index contributed by atoms with van der Waals surface area (Å²) in [7, 11) is 0. The van der Waals surface area contributed by atoms with Gasteiger partial charge < -0.3 is 10.4 Å². The van der Waals surface area contributed by atoms with E-state index in [2.05, 4.69) is 51.2 Å². The van der Waals surface area contributed by atoms with Gasteiger partial charge in [-0.15, -0.1) is 0 Å². The average molecular weight is 456 g/mol. The van der Waals surface area contributed by atoms with Gasteiger partial charge >= 0.3 is 5.97 Å². The molecule has 0 heterocycles. The van der Waals surface area contributed by atoms with Crippen LogP contribution in [-0.4, -0.2) is 40.4 Å². The van der Waals surface area contributed by atoms with Crippen LogP contribution in [0.25, 0.3) is 0 Å². The van der Waals surface area contributed by atoms with Gasteiger partial charge in [0.15, 0.2) is 0 Å². The van der Waals surface area contributed by atoms with Crippen LogP contribution in [0.3, 0.4) is 0 Å². The van der Waals surface area contributed by atoms with Crippen LogP contribution in [0.5, 0.6) is 0 Å². The number of rotatable bonds is 15. The fourth-order valence-corrected chi connectivity index (χ4v) is 3.47. The molecule has 0 rings (SSSR count). The zero-order chi connectivity index (χ0) is 22.9. The number of nitrogens with two attached hydrogens (primary N) is 1. The van der Waals surface area contributed by atoms with E-state index < -0.39 is 23.8 Å². The number of thioether (sulfide) groups is 1. The van der Waals surface area contributed by atoms with E-state index >= 15 is 0 Å². The Kier molecular flexibility index (Phi) is 18.8. The monoisotopic (exact) mass is 455 g/mol. The summed E-state index contributed by atoms with van der Waals surface area (Å²) in [6.07, 6.45) is 10.6. The molecular formula is C23H41N3O4S. The number of carbonyl (C=O) groups excluding carboxylic acids is 2. The van der Waals surface area contributed by atoms with Crippen molar-refractivity contribution in [2.45, 2.75) is 79.7 Å². The van der Waals surface area contributed by atoms with E-state index in [1.54, 1.807) is 0 Å². The van der Waals surface area contributed by atoms with Crippen molar-refractivity contribution >= 4 is 29.5 Å². The molecule has 8 heteroatoms. The van der Waals surface area contributed by atoms with E-state index in [4.69, 9.17) is 5.84 Å². The van der Waals surface area contributed by atoms with E-state index in [9.17, 15) is 19.5 Å². The van der Waals surface area contributed by atoms with Crippen LogP contribution in [0, 0.1) is 0 Å². The topological polar surface area (TPSA) is 122 Å². The zero-order valence-electron chi connectivity index (χ0n) is 18.6. The normalized spacial score (nSPS) is 12.4. The first-order valence-electron chi connectivity index (χ1n) is 10.2. The molecule has 0 spiro atoms. The molecule has 0 aromatic heterocycles. The summed E-state index contributed by atoms with van der Waals surface area (Å²) in [6, 6.07) is -0.983. The molecule has 0 saturated carbocycles. The van der Waals surface area contributed by atoms with Crippen LogP contribution in [0.2, 0.25) is 0 Å². The maximum Gasteiger partial charge on any atom is 0.327 e. The van der Waals surface area contributed by atoms with Crippen molar-refractivity contribution in [3.8, 4) is 0 Å². The van der Waals surface area contributed by atoms with Crippen LogP contribution in [-0.2, 0) is 14.4 Å². The third kappa shape index (κ3) is 18.4. The lowest BCUT2D eigenvalue weighted by Crippen LogP contribution is -2.43. The Hall–Kier alpha value is -2.06. The third-order valence-corrected chi connectivity index (χ3v) is 5.30. The number of carboxylic acid groups (broad SMARTS) is 1. The highest BCUT2D eigenvalue weighted by molar-refractivity contribution is 7.99. The Morgan fingerprint density at radius 3 is 2.00 bits per heavy atom. The molecule has 2 amide bonds. The minimum Gasteiger partial charge on any atom is -0.480 e. The second-order valence-electron chi connectivity index (χ2n) is 7.52.